The molecule has 2 aromatic heterocycles. The molecule has 1 aliphatic carbocycles. The van der Waals surface area contributed by atoms with E-state index in [1.54, 1.807) is 16.7 Å². The lowest BCUT2D eigenvalue weighted by molar-refractivity contribution is -0.139. The molecule has 7 heteroatoms. The van der Waals surface area contributed by atoms with Crippen LogP contribution in [0.2, 0.25) is 0 Å². The van der Waals surface area contributed by atoms with Crippen LogP contribution in [0.5, 0.6) is 0 Å². The number of amides is 1. The first-order valence-corrected chi connectivity index (χ1v) is 8.42. The van der Waals surface area contributed by atoms with Crippen molar-refractivity contribution in [2.45, 2.75) is 25.3 Å². The van der Waals surface area contributed by atoms with E-state index in [0.29, 0.717) is 12.3 Å². The number of aromatic nitrogens is 1. The van der Waals surface area contributed by atoms with Crippen LogP contribution in [-0.4, -0.2) is 28.0 Å². The largest absolute Gasteiger partial charge is 0.480 e. The Morgan fingerprint density at radius 1 is 1.43 bits per heavy atom. The molecule has 2 aromatic rings. The van der Waals surface area contributed by atoms with E-state index in [4.69, 9.17) is 0 Å². The summed E-state index contributed by atoms with van der Waals surface area (Å²) in [6.45, 7) is 0. The molecular weight excluding hydrogens is 308 g/mol. The maximum absolute atomic E-state index is 12.1. The highest BCUT2D eigenvalue weighted by Gasteiger charge is 2.30. The first kappa shape index (κ1) is 14.2. The van der Waals surface area contributed by atoms with Gasteiger partial charge in [0.1, 0.15) is 16.7 Å². The molecule has 0 aromatic carbocycles. The third-order valence-electron chi connectivity index (χ3n) is 3.34. The van der Waals surface area contributed by atoms with Crippen molar-refractivity contribution in [2.24, 2.45) is 5.92 Å². The zero-order chi connectivity index (χ0) is 14.8. The average molecular weight is 322 g/mol. The van der Waals surface area contributed by atoms with Crippen molar-refractivity contribution in [3.05, 3.63) is 28.6 Å². The molecule has 2 heterocycles. The molecule has 0 saturated heterocycles. The fourth-order valence-corrected chi connectivity index (χ4v) is 3.65. The van der Waals surface area contributed by atoms with Gasteiger partial charge < -0.3 is 10.4 Å². The van der Waals surface area contributed by atoms with Crippen molar-refractivity contribution in [3.63, 3.8) is 0 Å². The summed E-state index contributed by atoms with van der Waals surface area (Å²) in [5.41, 5.74) is 0.283. The lowest BCUT2D eigenvalue weighted by atomic mass is 10.1. The van der Waals surface area contributed by atoms with Gasteiger partial charge in [0.05, 0.1) is 4.88 Å². The Balaban J connectivity index is 1.68. The third-order valence-corrected chi connectivity index (χ3v) is 5.22. The minimum absolute atomic E-state index is 0.283. The van der Waals surface area contributed by atoms with Crippen LogP contribution in [0, 0.1) is 5.92 Å². The molecule has 1 unspecified atom stereocenters. The molecule has 1 aliphatic rings. The Kier molecular flexibility index (Phi) is 4.03. The molecular formula is C14H14N2O3S2. The predicted octanol–water partition coefficient (Wildman–Crippen LogP) is 2.85. The fourth-order valence-electron chi connectivity index (χ4n) is 2.03. The van der Waals surface area contributed by atoms with Crippen LogP contribution in [-0.2, 0) is 4.79 Å². The molecule has 1 atom stereocenters. The summed E-state index contributed by atoms with van der Waals surface area (Å²) < 4.78 is 0. The van der Waals surface area contributed by atoms with Crippen molar-refractivity contribution in [1.29, 1.82) is 0 Å². The van der Waals surface area contributed by atoms with Crippen LogP contribution < -0.4 is 5.32 Å². The molecule has 0 aliphatic heterocycles. The van der Waals surface area contributed by atoms with Gasteiger partial charge >= 0.3 is 5.97 Å². The lowest BCUT2D eigenvalue weighted by Crippen LogP contribution is -2.41. The molecule has 1 saturated carbocycles. The number of rotatable bonds is 6. The van der Waals surface area contributed by atoms with Crippen LogP contribution in [0.25, 0.3) is 9.88 Å². The number of carbonyl (C=O) groups is 2. The second-order valence-electron chi connectivity index (χ2n) is 5.06. The van der Waals surface area contributed by atoms with Gasteiger partial charge in [0.15, 0.2) is 0 Å². The number of aliphatic carboxylic acids is 1. The molecule has 0 bridgehead atoms. The van der Waals surface area contributed by atoms with E-state index in [-0.39, 0.29) is 5.69 Å². The molecule has 0 spiro atoms. The van der Waals surface area contributed by atoms with Gasteiger partial charge in [0, 0.05) is 5.38 Å². The summed E-state index contributed by atoms with van der Waals surface area (Å²) in [7, 11) is 0. The molecule has 1 amide bonds. The zero-order valence-corrected chi connectivity index (χ0v) is 12.7. The number of hydrogen-bond donors (Lipinski definition) is 2. The number of nitrogens with zero attached hydrogens (tertiary/aromatic N) is 1. The number of carboxylic acids is 1. The van der Waals surface area contributed by atoms with Gasteiger partial charge in [-0.3, -0.25) is 4.79 Å². The van der Waals surface area contributed by atoms with E-state index in [0.717, 1.165) is 22.7 Å². The quantitative estimate of drug-likeness (QED) is 0.857. The van der Waals surface area contributed by atoms with Crippen LogP contribution in [0.15, 0.2) is 22.9 Å². The highest BCUT2D eigenvalue weighted by molar-refractivity contribution is 7.20. The van der Waals surface area contributed by atoms with Crippen LogP contribution in [0.3, 0.4) is 0 Å². The summed E-state index contributed by atoms with van der Waals surface area (Å²) in [4.78, 5) is 28.6. The molecule has 2 N–H and O–H groups in total. The van der Waals surface area contributed by atoms with Gasteiger partial charge in [-0.15, -0.1) is 22.7 Å². The highest BCUT2D eigenvalue weighted by Crippen LogP contribution is 2.33. The zero-order valence-electron chi connectivity index (χ0n) is 11.1. The number of carboxylic acid groups (broad SMARTS) is 1. The number of thiazole rings is 1. The van der Waals surface area contributed by atoms with Gasteiger partial charge in [0.2, 0.25) is 0 Å². The van der Waals surface area contributed by atoms with Crippen molar-refractivity contribution >= 4 is 34.6 Å². The first-order chi connectivity index (χ1) is 10.1. The number of carbonyl (C=O) groups excluding carboxylic acids is 1. The second kappa shape index (κ2) is 5.95. The highest BCUT2D eigenvalue weighted by atomic mass is 32.1. The van der Waals surface area contributed by atoms with E-state index < -0.39 is 17.9 Å². The van der Waals surface area contributed by atoms with Gasteiger partial charge in [-0.05, 0) is 23.8 Å². The monoisotopic (exact) mass is 322 g/mol. The van der Waals surface area contributed by atoms with Crippen molar-refractivity contribution in [1.82, 2.24) is 10.3 Å². The van der Waals surface area contributed by atoms with Crippen molar-refractivity contribution in [3.8, 4) is 9.88 Å². The predicted molar refractivity (Wildman–Crippen MR) is 81.7 cm³/mol. The molecule has 0 radical (unpaired) electrons. The first-order valence-electron chi connectivity index (χ1n) is 6.66. The molecule has 3 rings (SSSR count). The van der Waals surface area contributed by atoms with Crippen LogP contribution in [0.4, 0.5) is 0 Å². The van der Waals surface area contributed by atoms with Gasteiger partial charge in [-0.25, -0.2) is 9.78 Å². The van der Waals surface area contributed by atoms with Gasteiger partial charge in [-0.1, -0.05) is 18.9 Å². The molecule has 5 nitrogen and oxygen atoms in total. The minimum atomic E-state index is -0.982. The maximum atomic E-state index is 12.1. The Morgan fingerprint density at radius 3 is 2.86 bits per heavy atom. The van der Waals surface area contributed by atoms with E-state index in [2.05, 4.69) is 10.3 Å². The van der Waals surface area contributed by atoms with E-state index >= 15 is 0 Å². The second-order valence-corrected chi connectivity index (χ2v) is 6.86. The Hall–Kier alpha value is -1.73. The van der Waals surface area contributed by atoms with Crippen LogP contribution >= 0.6 is 22.7 Å². The number of hydrogen-bond acceptors (Lipinski definition) is 5. The number of nitrogens with one attached hydrogen (secondary N) is 1. The van der Waals surface area contributed by atoms with E-state index in [9.17, 15) is 14.7 Å². The summed E-state index contributed by atoms with van der Waals surface area (Å²) in [5.74, 6) is -0.963. The molecule has 21 heavy (non-hydrogen) atoms. The standard InChI is InChI=1S/C14H14N2O3S2/c17-12(15-9(14(18)19)6-8-3-4-8)10-7-21-13(16-10)11-2-1-5-20-11/h1-2,5,7-9H,3-4,6H2,(H,15,17)(H,18,19). The SMILES string of the molecule is O=C(NC(CC1CC1)C(=O)O)c1csc(-c2cccs2)n1. The maximum Gasteiger partial charge on any atom is 0.326 e. The Labute approximate surface area is 129 Å². The number of thiophene rings is 1. The van der Waals surface area contributed by atoms with Crippen molar-refractivity contribution < 1.29 is 14.7 Å². The van der Waals surface area contributed by atoms with Crippen molar-refractivity contribution in [2.75, 3.05) is 0 Å². The van der Waals surface area contributed by atoms with E-state index in [1.165, 1.54) is 11.3 Å². The molecule has 110 valence electrons. The average Bonchev–Trinajstić information content (AvgIpc) is 2.97. The summed E-state index contributed by atoms with van der Waals surface area (Å²) in [5, 5.41) is 16.1. The summed E-state index contributed by atoms with van der Waals surface area (Å²) in [6.07, 6.45) is 2.61. The topological polar surface area (TPSA) is 79.3 Å². The Morgan fingerprint density at radius 2 is 2.24 bits per heavy atom. The van der Waals surface area contributed by atoms with Gasteiger partial charge in [0.25, 0.3) is 5.91 Å². The lowest BCUT2D eigenvalue weighted by Gasteiger charge is -2.12. The normalized spacial score (nSPS) is 15.6. The minimum Gasteiger partial charge on any atom is -0.480 e. The third kappa shape index (κ3) is 3.48. The smallest absolute Gasteiger partial charge is 0.326 e. The van der Waals surface area contributed by atoms with Gasteiger partial charge in [-0.2, -0.15) is 0 Å². The summed E-state index contributed by atoms with van der Waals surface area (Å²) >= 11 is 2.95. The summed E-state index contributed by atoms with van der Waals surface area (Å²) in [6, 6.07) is 3.05. The molecule has 1 fully saturated rings. The fraction of sp³-hybridized carbons (Fsp3) is 0.357. The van der Waals surface area contributed by atoms with E-state index in [1.807, 2.05) is 17.5 Å². The van der Waals surface area contributed by atoms with Crippen LogP contribution in [0.1, 0.15) is 29.8 Å². The Bertz CT molecular complexity index is 647.